The van der Waals surface area contributed by atoms with Crippen LogP contribution >= 0.6 is 0 Å². The molecule has 49 valence electrons. The summed E-state index contributed by atoms with van der Waals surface area (Å²) in [6.45, 7) is 3.65. The van der Waals surface area contributed by atoms with Crippen molar-refractivity contribution in [2.24, 2.45) is 0 Å². The first kappa shape index (κ1) is 6.53. The van der Waals surface area contributed by atoms with Crippen molar-refractivity contribution in [3.05, 3.63) is 6.54 Å². The molecule has 0 aromatic carbocycles. The van der Waals surface area contributed by atoms with Crippen LogP contribution in [-0.4, -0.2) is 31.1 Å². The van der Waals surface area contributed by atoms with E-state index in [1.165, 1.54) is 0 Å². The average molecular weight is 124 g/mol. The summed E-state index contributed by atoms with van der Waals surface area (Å²) >= 11 is 0. The van der Waals surface area contributed by atoms with E-state index in [1.807, 2.05) is 18.5 Å². The quantitative estimate of drug-likeness (QED) is 0.476. The van der Waals surface area contributed by atoms with Crippen LogP contribution in [-0.2, 0) is 0 Å². The van der Waals surface area contributed by atoms with Gasteiger partial charge in [-0.3, -0.25) is 4.90 Å². The lowest BCUT2D eigenvalue weighted by Gasteiger charge is -2.27. The molecule has 1 fully saturated rings. The van der Waals surface area contributed by atoms with Gasteiger partial charge in [0.15, 0.2) is 0 Å². The maximum atomic E-state index is 8.51. The summed E-state index contributed by atoms with van der Waals surface area (Å²) in [5.74, 6) is 0. The van der Waals surface area contributed by atoms with Gasteiger partial charge in [-0.25, -0.2) is 0 Å². The van der Waals surface area contributed by atoms with Crippen molar-refractivity contribution in [2.75, 3.05) is 20.1 Å². The van der Waals surface area contributed by atoms with Gasteiger partial charge in [-0.05, 0) is 7.05 Å². The maximum absolute atomic E-state index is 8.51. The molecule has 1 N–H and O–H groups in total. The molecule has 0 aliphatic carbocycles. The molecule has 9 heavy (non-hydrogen) atoms. The molecule has 1 saturated heterocycles. The van der Waals surface area contributed by atoms with Crippen LogP contribution in [0, 0.1) is 17.9 Å². The largest absolute Gasteiger partial charge is 0.312 e. The Kier molecular flexibility index (Phi) is 2.04. The Bertz CT molecular complexity index is 127. The van der Waals surface area contributed by atoms with Crippen LogP contribution in [0.15, 0.2) is 0 Å². The van der Waals surface area contributed by atoms with Crippen LogP contribution in [0.2, 0.25) is 0 Å². The van der Waals surface area contributed by atoms with Gasteiger partial charge in [0.1, 0.15) is 6.04 Å². The van der Waals surface area contributed by atoms with Crippen molar-refractivity contribution >= 4 is 0 Å². The van der Waals surface area contributed by atoms with E-state index >= 15 is 0 Å². The third kappa shape index (κ3) is 1.41. The van der Waals surface area contributed by atoms with Crippen LogP contribution in [0.1, 0.15) is 0 Å². The predicted molar refractivity (Wildman–Crippen MR) is 34.3 cm³/mol. The SMILES string of the molecule is CN1[CH]CNCC1C#N. The third-order valence-corrected chi connectivity index (χ3v) is 1.50. The van der Waals surface area contributed by atoms with Crippen LogP contribution < -0.4 is 5.32 Å². The van der Waals surface area contributed by atoms with Crippen LogP contribution in [0.4, 0.5) is 0 Å². The lowest BCUT2D eigenvalue weighted by molar-refractivity contribution is 0.293. The highest BCUT2D eigenvalue weighted by atomic mass is 15.2. The molecule has 0 bridgehead atoms. The van der Waals surface area contributed by atoms with Gasteiger partial charge in [-0.1, -0.05) is 0 Å². The second kappa shape index (κ2) is 2.81. The van der Waals surface area contributed by atoms with Gasteiger partial charge in [0, 0.05) is 19.6 Å². The Morgan fingerprint density at radius 3 is 3.11 bits per heavy atom. The zero-order chi connectivity index (χ0) is 6.69. The number of hydrogen-bond acceptors (Lipinski definition) is 3. The molecule has 1 unspecified atom stereocenters. The van der Waals surface area contributed by atoms with E-state index in [1.54, 1.807) is 0 Å². The number of nitrogens with one attached hydrogen (secondary N) is 1. The van der Waals surface area contributed by atoms with Crippen LogP contribution in [0.5, 0.6) is 0 Å². The highest BCUT2D eigenvalue weighted by Crippen LogP contribution is 2.00. The van der Waals surface area contributed by atoms with Gasteiger partial charge in [0.25, 0.3) is 0 Å². The fourth-order valence-electron chi connectivity index (χ4n) is 0.837. The van der Waals surface area contributed by atoms with Crippen molar-refractivity contribution in [3.8, 4) is 6.07 Å². The summed E-state index contributed by atoms with van der Waals surface area (Å²) in [4.78, 5) is 1.94. The zero-order valence-corrected chi connectivity index (χ0v) is 5.46. The fraction of sp³-hybridized carbons (Fsp3) is 0.667. The first-order valence-corrected chi connectivity index (χ1v) is 3.00. The van der Waals surface area contributed by atoms with Crippen LogP contribution in [0.3, 0.4) is 0 Å². The minimum Gasteiger partial charge on any atom is -0.312 e. The van der Waals surface area contributed by atoms with Gasteiger partial charge in [0.2, 0.25) is 0 Å². The van der Waals surface area contributed by atoms with Crippen LogP contribution in [0.25, 0.3) is 0 Å². The van der Waals surface area contributed by atoms with E-state index in [9.17, 15) is 0 Å². The fourth-order valence-corrected chi connectivity index (χ4v) is 0.837. The molecule has 1 aliphatic rings. The highest BCUT2D eigenvalue weighted by molar-refractivity contribution is 4.98. The zero-order valence-electron chi connectivity index (χ0n) is 5.46. The molecule has 3 nitrogen and oxygen atoms in total. The second-order valence-corrected chi connectivity index (χ2v) is 2.15. The predicted octanol–water partition coefficient (Wildman–Crippen LogP) is -0.425. The average Bonchev–Trinajstić information content (AvgIpc) is 1.89. The summed E-state index contributed by atoms with van der Waals surface area (Å²) in [6, 6.07) is 2.21. The van der Waals surface area contributed by atoms with Crippen molar-refractivity contribution < 1.29 is 0 Å². The molecule has 0 amide bonds. The number of piperazine rings is 1. The van der Waals surface area contributed by atoms with E-state index < -0.39 is 0 Å². The molecular formula is C6H10N3. The Morgan fingerprint density at radius 2 is 2.67 bits per heavy atom. The molecule has 0 saturated carbocycles. The summed E-state index contributed by atoms with van der Waals surface area (Å²) in [5.41, 5.74) is 0. The Hall–Kier alpha value is -0.590. The molecule has 0 spiro atoms. The molecule has 1 aliphatic heterocycles. The van der Waals surface area contributed by atoms with Crippen molar-refractivity contribution in [1.29, 1.82) is 5.26 Å². The molecule has 1 heterocycles. The third-order valence-electron chi connectivity index (χ3n) is 1.50. The minimum absolute atomic E-state index is 0.0266. The molecule has 0 aromatic heterocycles. The topological polar surface area (TPSA) is 39.1 Å². The van der Waals surface area contributed by atoms with Crippen molar-refractivity contribution in [1.82, 2.24) is 10.2 Å². The lowest BCUT2D eigenvalue weighted by atomic mass is 10.2. The molecule has 1 atom stereocenters. The van der Waals surface area contributed by atoms with E-state index in [0.717, 1.165) is 13.1 Å². The number of hydrogen-bond donors (Lipinski definition) is 1. The van der Waals surface area contributed by atoms with E-state index in [-0.39, 0.29) is 6.04 Å². The highest BCUT2D eigenvalue weighted by Gasteiger charge is 2.16. The molecular weight excluding hydrogens is 114 g/mol. The first-order chi connectivity index (χ1) is 4.34. The monoisotopic (exact) mass is 124 g/mol. The van der Waals surface area contributed by atoms with Gasteiger partial charge in [0.05, 0.1) is 6.07 Å². The summed E-state index contributed by atoms with van der Waals surface area (Å²) in [5, 5.41) is 11.6. The van der Waals surface area contributed by atoms with Crippen molar-refractivity contribution in [2.45, 2.75) is 6.04 Å². The standard InChI is InChI=1S/C6H10N3/c1-9-3-2-8-5-6(9)4-7/h3,6,8H,2,5H2,1H3. The number of nitrogens with zero attached hydrogens (tertiary/aromatic N) is 2. The second-order valence-electron chi connectivity index (χ2n) is 2.15. The maximum Gasteiger partial charge on any atom is 0.110 e. The van der Waals surface area contributed by atoms with Crippen molar-refractivity contribution in [3.63, 3.8) is 0 Å². The Balaban J connectivity index is 2.41. The van der Waals surface area contributed by atoms with Gasteiger partial charge in [-0.2, -0.15) is 5.26 Å². The number of nitriles is 1. The van der Waals surface area contributed by atoms with Gasteiger partial charge in [-0.15, -0.1) is 0 Å². The minimum atomic E-state index is 0.0266. The number of rotatable bonds is 0. The molecule has 3 heteroatoms. The van der Waals surface area contributed by atoms with E-state index in [4.69, 9.17) is 5.26 Å². The normalized spacial score (nSPS) is 29.6. The smallest absolute Gasteiger partial charge is 0.110 e. The molecule has 1 rings (SSSR count). The lowest BCUT2D eigenvalue weighted by Crippen LogP contribution is -2.45. The Morgan fingerprint density at radius 1 is 1.89 bits per heavy atom. The van der Waals surface area contributed by atoms with Gasteiger partial charge < -0.3 is 5.32 Å². The van der Waals surface area contributed by atoms with E-state index in [2.05, 4.69) is 11.4 Å². The first-order valence-electron chi connectivity index (χ1n) is 3.00. The molecule has 1 radical (unpaired) electrons. The Labute approximate surface area is 55.3 Å². The summed E-state index contributed by atoms with van der Waals surface area (Å²) in [7, 11) is 1.93. The molecule has 0 aromatic rings. The van der Waals surface area contributed by atoms with E-state index in [0.29, 0.717) is 0 Å². The van der Waals surface area contributed by atoms with Gasteiger partial charge >= 0.3 is 0 Å². The summed E-state index contributed by atoms with van der Waals surface area (Å²) in [6.07, 6.45) is 0. The summed E-state index contributed by atoms with van der Waals surface area (Å²) < 4.78 is 0. The number of likely N-dealkylation sites (N-methyl/N-ethyl adjacent to an activating group) is 1.